The molecule has 3 rings (SSSR count). The lowest BCUT2D eigenvalue weighted by Crippen LogP contribution is -1.99. The van der Waals surface area contributed by atoms with Crippen LogP contribution in [0.3, 0.4) is 0 Å². The highest BCUT2D eigenvalue weighted by Gasteiger charge is 2.23. The molecule has 0 heterocycles. The number of carbonyl (C=O) groups excluding carboxylic acids is 1. The maximum Gasteiger partial charge on any atom is 0.302 e. The van der Waals surface area contributed by atoms with E-state index in [1.165, 1.54) is 6.92 Å². The second-order valence-corrected chi connectivity index (χ2v) is 5.88. The van der Waals surface area contributed by atoms with Crippen molar-refractivity contribution in [3.63, 3.8) is 0 Å². The Hall–Kier alpha value is -2.49. The van der Waals surface area contributed by atoms with Crippen LogP contribution in [0.5, 0.6) is 11.5 Å². The van der Waals surface area contributed by atoms with Crippen LogP contribution in [0.15, 0.2) is 42.5 Å². The van der Waals surface area contributed by atoms with Gasteiger partial charge in [0.2, 0.25) is 0 Å². The molecule has 1 saturated carbocycles. The van der Waals surface area contributed by atoms with E-state index in [1.807, 2.05) is 36.4 Å². The molecule has 0 aliphatic heterocycles. The summed E-state index contributed by atoms with van der Waals surface area (Å²) < 4.78 is 10.7. The highest BCUT2D eigenvalue weighted by Crippen LogP contribution is 2.28. The molecule has 4 heteroatoms. The van der Waals surface area contributed by atoms with Crippen molar-refractivity contribution in [1.29, 1.82) is 0 Å². The zero-order valence-electron chi connectivity index (χ0n) is 13.1. The first-order chi connectivity index (χ1) is 11.1. The van der Waals surface area contributed by atoms with Crippen LogP contribution in [0, 0.1) is 0 Å². The number of phenolic OH excluding ortho intramolecular Hbond substituents is 1. The number of esters is 1. The molecular formula is C19H20O4. The van der Waals surface area contributed by atoms with Gasteiger partial charge in [-0.2, -0.15) is 0 Å². The Morgan fingerprint density at radius 1 is 1.13 bits per heavy atom. The van der Waals surface area contributed by atoms with E-state index in [0.717, 1.165) is 35.3 Å². The van der Waals surface area contributed by atoms with Crippen molar-refractivity contribution >= 4 is 5.97 Å². The molecule has 1 aliphatic rings. The molecule has 1 fully saturated rings. The van der Waals surface area contributed by atoms with Crippen molar-refractivity contribution < 1.29 is 19.4 Å². The van der Waals surface area contributed by atoms with E-state index in [4.69, 9.17) is 9.47 Å². The zero-order valence-corrected chi connectivity index (χ0v) is 13.1. The monoisotopic (exact) mass is 312 g/mol. The fourth-order valence-electron chi connectivity index (χ4n) is 2.32. The van der Waals surface area contributed by atoms with Crippen LogP contribution < -0.4 is 4.74 Å². The highest BCUT2D eigenvalue weighted by molar-refractivity contribution is 5.65. The van der Waals surface area contributed by atoms with Crippen LogP contribution in [-0.4, -0.2) is 17.2 Å². The number of hydrogen-bond acceptors (Lipinski definition) is 4. The Morgan fingerprint density at radius 3 is 2.43 bits per heavy atom. The Morgan fingerprint density at radius 2 is 1.83 bits per heavy atom. The number of aromatic hydroxyl groups is 1. The summed E-state index contributed by atoms with van der Waals surface area (Å²) >= 11 is 0. The molecule has 4 nitrogen and oxygen atoms in total. The molecule has 0 amide bonds. The van der Waals surface area contributed by atoms with Gasteiger partial charge in [-0.05, 0) is 47.7 Å². The molecule has 23 heavy (non-hydrogen) atoms. The molecule has 0 spiro atoms. The molecule has 0 atom stereocenters. The van der Waals surface area contributed by atoms with Crippen LogP contribution in [0.4, 0.5) is 0 Å². The van der Waals surface area contributed by atoms with Crippen molar-refractivity contribution in [2.24, 2.45) is 0 Å². The maximum absolute atomic E-state index is 10.8. The lowest BCUT2D eigenvalue weighted by molar-refractivity contribution is -0.142. The van der Waals surface area contributed by atoms with Crippen LogP contribution in [-0.2, 0) is 22.6 Å². The Balaban J connectivity index is 1.63. The van der Waals surface area contributed by atoms with E-state index in [2.05, 4.69) is 0 Å². The van der Waals surface area contributed by atoms with Gasteiger partial charge in [-0.1, -0.05) is 24.3 Å². The highest BCUT2D eigenvalue weighted by atomic mass is 16.5. The minimum absolute atomic E-state index is 0.177. The van der Waals surface area contributed by atoms with E-state index in [0.29, 0.717) is 12.5 Å². The average Bonchev–Trinajstić information content (AvgIpc) is 3.33. The topological polar surface area (TPSA) is 55.8 Å². The van der Waals surface area contributed by atoms with Crippen molar-refractivity contribution in [3.05, 3.63) is 59.2 Å². The van der Waals surface area contributed by atoms with E-state index >= 15 is 0 Å². The van der Waals surface area contributed by atoms with Crippen LogP contribution in [0.2, 0.25) is 0 Å². The van der Waals surface area contributed by atoms with Gasteiger partial charge in [0.15, 0.2) is 0 Å². The molecule has 1 aliphatic carbocycles. The second kappa shape index (κ2) is 6.73. The molecular weight excluding hydrogens is 292 g/mol. The van der Waals surface area contributed by atoms with Gasteiger partial charge in [0.05, 0.1) is 6.10 Å². The number of rotatable bonds is 6. The first-order valence-corrected chi connectivity index (χ1v) is 7.80. The summed E-state index contributed by atoms with van der Waals surface area (Å²) in [6, 6.07) is 13.3. The van der Waals surface area contributed by atoms with Gasteiger partial charge in [-0.3, -0.25) is 4.79 Å². The Bertz CT molecular complexity index is 687. The van der Waals surface area contributed by atoms with Gasteiger partial charge in [-0.15, -0.1) is 0 Å². The van der Waals surface area contributed by atoms with Crippen LogP contribution in [0.1, 0.15) is 36.5 Å². The lowest BCUT2D eigenvalue weighted by atomic mass is 10.0. The van der Waals surface area contributed by atoms with Crippen LogP contribution in [0.25, 0.3) is 0 Å². The minimum atomic E-state index is -0.331. The van der Waals surface area contributed by atoms with Gasteiger partial charge in [0.1, 0.15) is 18.1 Å². The summed E-state index contributed by atoms with van der Waals surface area (Å²) in [4.78, 5) is 10.8. The van der Waals surface area contributed by atoms with Crippen molar-refractivity contribution in [2.45, 2.75) is 38.9 Å². The SMILES string of the molecule is CC(=O)OCc1ccc(Cc2ccc(OC3CC3)cc2)c(O)c1. The average molecular weight is 312 g/mol. The summed E-state index contributed by atoms with van der Waals surface area (Å²) in [5.41, 5.74) is 2.72. The van der Waals surface area contributed by atoms with Gasteiger partial charge in [0, 0.05) is 13.3 Å². The molecule has 0 aromatic heterocycles. The Kier molecular flexibility index (Phi) is 4.51. The summed E-state index contributed by atoms with van der Waals surface area (Å²) in [7, 11) is 0. The summed E-state index contributed by atoms with van der Waals surface area (Å²) in [5.74, 6) is 0.784. The van der Waals surface area contributed by atoms with E-state index in [-0.39, 0.29) is 18.3 Å². The van der Waals surface area contributed by atoms with Gasteiger partial charge in [0.25, 0.3) is 0 Å². The number of phenols is 1. The van der Waals surface area contributed by atoms with Gasteiger partial charge < -0.3 is 14.6 Å². The number of carbonyl (C=O) groups is 1. The lowest BCUT2D eigenvalue weighted by Gasteiger charge is -2.09. The predicted octanol–water partition coefficient (Wildman–Crippen LogP) is 3.59. The summed E-state index contributed by atoms with van der Waals surface area (Å²) in [5, 5.41) is 10.1. The third-order valence-corrected chi connectivity index (χ3v) is 3.74. The Labute approximate surface area is 135 Å². The largest absolute Gasteiger partial charge is 0.508 e. The second-order valence-electron chi connectivity index (χ2n) is 5.88. The fourth-order valence-corrected chi connectivity index (χ4v) is 2.32. The molecule has 0 saturated heterocycles. The minimum Gasteiger partial charge on any atom is -0.508 e. The standard InChI is InChI=1S/C19H20O4/c1-13(20)22-12-15-2-5-16(19(21)11-15)10-14-3-6-17(7-4-14)23-18-8-9-18/h2-7,11,18,21H,8-10,12H2,1H3. The van der Waals surface area contributed by atoms with Crippen molar-refractivity contribution in [2.75, 3.05) is 0 Å². The first kappa shape index (κ1) is 15.4. The summed E-state index contributed by atoms with van der Waals surface area (Å²) in [6.07, 6.45) is 3.34. The van der Waals surface area contributed by atoms with Gasteiger partial charge >= 0.3 is 5.97 Å². The normalized spacial score (nSPS) is 13.6. The number of ether oxygens (including phenoxy) is 2. The molecule has 0 bridgehead atoms. The quantitative estimate of drug-likeness (QED) is 0.828. The number of hydrogen-bond donors (Lipinski definition) is 1. The smallest absolute Gasteiger partial charge is 0.302 e. The predicted molar refractivity (Wildman–Crippen MR) is 86.5 cm³/mol. The van der Waals surface area contributed by atoms with E-state index in [1.54, 1.807) is 6.07 Å². The fraction of sp³-hybridized carbons (Fsp3) is 0.316. The zero-order chi connectivity index (χ0) is 16.2. The summed E-state index contributed by atoms with van der Waals surface area (Å²) in [6.45, 7) is 1.54. The first-order valence-electron chi connectivity index (χ1n) is 7.80. The molecule has 0 radical (unpaired) electrons. The molecule has 2 aromatic rings. The maximum atomic E-state index is 10.8. The van der Waals surface area contributed by atoms with E-state index < -0.39 is 0 Å². The number of benzene rings is 2. The molecule has 2 aromatic carbocycles. The van der Waals surface area contributed by atoms with E-state index in [9.17, 15) is 9.90 Å². The van der Waals surface area contributed by atoms with Crippen LogP contribution >= 0.6 is 0 Å². The van der Waals surface area contributed by atoms with Gasteiger partial charge in [-0.25, -0.2) is 0 Å². The molecule has 120 valence electrons. The molecule has 0 unspecified atom stereocenters. The third kappa shape index (κ3) is 4.49. The van der Waals surface area contributed by atoms with Crippen molar-refractivity contribution in [3.8, 4) is 11.5 Å². The molecule has 1 N–H and O–H groups in total. The van der Waals surface area contributed by atoms with Crippen molar-refractivity contribution in [1.82, 2.24) is 0 Å². The third-order valence-electron chi connectivity index (χ3n) is 3.74.